The van der Waals surface area contributed by atoms with Gasteiger partial charge >= 0.3 is 6.09 Å². The van der Waals surface area contributed by atoms with Gasteiger partial charge in [-0.25, -0.2) is 9.18 Å². The molecule has 1 aliphatic heterocycles. The van der Waals surface area contributed by atoms with Crippen molar-refractivity contribution >= 4 is 22.0 Å². The van der Waals surface area contributed by atoms with Gasteiger partial charge in [0.25, 0.3) is 0 Å². The molecule has 0 aromatic heterocycles. The van der Waals surface area contributed by atoms with E-state index in [4.69, 9.17) is 4.74 Å². The molecule has 1 aromatic carbocycles. The molecule has 0 spiro atoms. The summed E-state index contributed by atoms with van der Waals surface area (Å²) in [7, 11) is 0. The Balaban J connectivity index is 1.77. The Hall–Kier alpha value is -1.10. The number of fused-ring (bicyclic) bond motifs is 1. The normalized spacial score (nSPS) is 29.4. The highest BCUT2D eigenvalue weighted by Crippen LogP contribution is 2.66. The second kappa shape index (κ2) is 5.47. The lowest BCUT2D eigenvalue weighted by Crippen LogP contribution is -2.39. The quantitative estimate of drug-likeness (QED) is 0.738. The minimum Gasteiger partial charge on any atom is -0.444 e. The summed E-state index contributed by atoms with van der Waals surface area (Å²) in [6.07, 6.45) is 0.627. The van der Waals surface area contributed by atoms with Crippen LogP contribution in [0.4, 0.5) is 9.18 Å². The predicted molar refractivity (Wildman–Crippen MR) is 90.9 cm³/mol. The van der Waals surface area contributed by atoms with E-state index < -0.39 is 5.60 Å². The van der Waals surface area contributed by atoms with E-state index in [0.29, 0.717) is 24.9 Å². The van der Waals surface area contributed by atoms with Gasteiger partial charge in [0, 0.05) is 23.0 Å². The number of likely N-dealkylation sites (tertiary alicyclic amines) is 1. The Morgan fingerprint density at radius 3 is 2.52 bits per heavy atom. The molecule has 0 bridgehead atoms. The van der Waals surface area contributed by atoms with Crippen LogP contribution in [0, 0.1) is 17.7 Å². The van der Waals surface area contributed by atoms with Crippen LogP contribution in [-0.4, -0.2) is 29.7 Å². The Morgan fingerprint density at radius 1 is 1.39 bits per heavy atom. The van der Waals surface area contributed by atoms with Gasteiger partial charge in [-0.1, -0.05) is 22.9 Å². The van der Waals surface area contributed by atoms with E-state index in [2.05, 4.69) is 22.9 Å². The van der Waals surface area contributed by atoms with Crippen molar-refractivity contribution in [2.75, 3.05) is 13.1 Å². The van der Waals surface area contributed by atoms with Gasteiger partial charge in [-0.3, -0.25) is 0 Å². The number of benzene rings is 1. The zero-order valence-electron chi connectivity index (χ0n) is 14.0. The first kappa shape index (κ1) is 16.7. The van der Waals surface area contributed by atoms with Gasteiger partial charge < -0.3 is 9.64 Å². The number of hydrogen-bond acceptors (Lipinski definition) is 2. The zero-order chi connectivity index (χ0) is 17.0. The van der Waals surface area contributed by atoms with Crippen molar-refractivity contribution in [1.29, 1.82) is 0 Å². The standard InChI is InChI=1S/C18H23BrFNO2/c1-5-18(12-8-11(19)6-7-15(12)20)13-9-21(10-14(13)18)16(22)23-17(2,3)4/h6-8,13-14H,5,9-10H2,1-4H3/t13-,14+,18?. The molecule has 1 saturated carbocycles. The Bertz CT molecular complexity index is 628. The van der Waals surface area contributed by atoms with E-state index in [1.807, 2.05) is 26.8 Å². The molecule has 1 saturated heterocycles. The molecule has 3 atom stereocenters. The van der Waals surface area contributed by atoms with Crippen LogP contribution in [0.25, 0.3) is 0 Å². The summed E-state index contributed by atoms with van der Waals surface area (Å²) in [5.41, 5.74) is 0.169. The van der Waals surface area contributed by atoms with Crippen molar-refractivity contribution in [3.63, 3.8) is 0 Å². The molecular weight excluding hydrogens is 361 g/mol. The van der Waals surface area contributed by atoms with E-state index in [1.54, 1.807) is 11.0 Å². The molecule has 1 aromatic rings. The summed E-state index contributed by atoms with van der Waals surface area (Å²) in [6.45, 7) is 9.02. The van der Waals surface area contributed by atoms with E-state index in [-0.39, 0.29) is 17.3 Å². The van der Waals surface area contributed by atoms with Crippen molar-refractivity contribution in [1.82, 2.24) is 4.90 Å². The molecule has 1 aliphatic carbocycles. The molecule has 126 valence electrons. The number of amides is 1. The lowest BCUT2D eigenvalue weighted by molar-refractivity contribution is 0.0260. The average Bonchev–Trinajstić information content (AvgIpc) is 2.83. The maximum absolute atomic E-state index is 14.4. The number of ether oxygens (including phenoxy) is 1. The highest BCUT2D eigenvalue weighted by molar-refractivity contribution is 9.10. The molecule has 23 heavy (non-hydrogen) atoms. The number of halogens is 2. The minimum absolute atomic E-state index is 0.133. The first-order valence-corrected chi connectivity index (χ1v) is 8.92. The summed E-state index contributed by atoms with van der Waals surface area (Å²) >= 11 is 3.44. The largest absolute Gasteiger partial charge is 0.444 e. The zero-order valence-corrected chi connectivity index (χ0v) is 15.6. The van der Waals surface area contributed by atoms with Crippen molar-refractivity contribution in [3.05, 3.63) is 34.1 Å². The van der Waals surface area contributed by atoms with Crippen LogP contribution in [0.2, 0.25) is 0 Å². The second-order valence-electron chi connectivity index (χ2n) is 7.62. The molecule has 0 N–H and O–H groups in total. The van der Waals surface area contributed by atoms with Crippen LogP contribution in [0.3, 0.4) is 0 Å². The molecule has 3 nitrogen and oxygen atoms in total. The molecule has 0 radical (unpaired) electrons. The lowest BCUT2D eigenvalue weighted by atomic mass is 9.87. The van der Waals surface area contributed by atoms with Gasteiger partial charge in [0.1, 0.15) is 11.4 Å². The number of piperidine rings is 1. The van der Waals surface area contributed by atoms with Gasteiger partial charge in [0.2, 0.25) is 0 Å². The maximum atomic E-state index is 14.4. The van der Waals surface area contributed by atoms with Crippen molar-refractivity contribution in [2.45, 2.75) is 45.1 Å². The Labute approximate surface area is 145 Å². The highest BCUT2D eigenvalue weighted by Gasteiger charge is 2.69. The number of carbonyl (C=O) groups is 1. The summed E-state index contributed by atoms with van der Waals surface area (Å²) in [5, 5.41) is 0. The van der Waals surface area contributed by atoms with Crippen molar-refractivity contribution in [2.24, 2.45) is 11.8 Å². The van der Waals surface area contributed by atoms with Crippen LogP contribution in [-0.2, 0) is 10.2 Å². The summed E-state index contributed by atoms with van der Waals surface area (Å²) in [6, 6.07) is 5.15. The van der Waals surface area contributed by atoms with Gasteiger partial charge in [-0.2, -0.15) is 0 Å². The van der Waals surface area contributed by atoms with Gasteiger partial charge in [0.05, 0.1) is 0 Å². The monoisotopic (exact) mass is 383 g/mol. The van der Waals surface area contributed by atoms with E-state index in [9.17, 15) is 9.18 Å². The summed E-state index contributed by atoms with van der Waals surface area (Å²) < 4.78 is 20.7. The molecule has 1 heterocycles. The van der Waals surface area contributed by atoms with Crippen LogP contribution in [0.5, 0.6) is 0 Å². The maximum Gasteiger partial charge on any atom is 0.410 e. The van der Waals surface area contributed by atoms with Crippen molar-refractivity contribution < 1.29 is 13.9 Å². The summed E-state index contributed by atoms with van der Waals surface area (Å²) in [5.74, 6) is 0.501. The third-order valence-corrected chi connectivity index (χ3v) is 5.69. The lowest BCUT2D eigenvalue weighted by Gasteiger charge is -2.29. The fourth-order valence-electron chi connectivity index (χ4n) is 4.18. The number of rotatable bonds is 2. The molecule has 1 unspecified atom stereocenters. The molecular formula is C18H23BrFNO2. The average molecular weight is 384 g/mol. The van der Waals surface area contributed by atoms with Crippen LogP contribution in [0.1, 0.15) is 39.7 Å². The SMILES string of the molecule is CCC1(c2cc(Br)ccc2F)[C@@H]2CN(C(=O)OC(C)(C)C)C[C@@H]21. The van der Waals surface area contributed by atoms with Crippen molar-refractivity contribution in [3.8, 4) is 0 Å². The topological polar surface area (TPSA) is 29.5 Å². The van der Waals surface area contributed by atoms with Crippen LogP contribution >= 0.6 is 15.9 Å². The second-order valence-corrected chi connectivity index (χ2v) is 8.53. The van der Waals surface area contributed by atoms with E-state index >= 15 is 0 Å². The molecule has 2 fully saturated rings. The highest BCUT2D eigenvalue weighted by atomic mass is 79.9. The molecule has 2 aliphatic rings. The van der Waals surface area contributed by atoms with Crippen LogP contribution in [0.15, 0.2) is 22.7 Å². The fourth-order valence-corrected chi connectivity index (χ4v) is 4.54. The molecule has 5 heteroatoms. The van der Waals surface area contributed by atoms with E-state index in [0.717, 1.165) is 16.5 Å². The first-order chi connectivity index (χ1) is 10.7. The summed E-state index contributed by atoms with van der Waals surface area (Å²) in [4.78, 5) is 14.0. The Kier molecular flexibility index (Phi) is 3.98. The third kappa shape index (κ3) is 2.77. The molecule has 1 amide bonds. The van der Waals surface area contributed by atoms with E-state index in [1.165, 1.54) is 6.07 Å². The predicted octanol–water partition coefficient (Wildman–Crippen LogP) is 4.73. The fraction of sp³-hybridized carbons (Fsp3) is 0.611. The Morgan fingerprint density at radius 2 is 2.00 bits per heavy atom. The molecule has 3 rings (SSSR count). The van der Waals surface area contributed by atoms with Gasteiger partial charge in [-0.15, -0.1) is 0 Å². The number of hydrogen-bond donors (Lipinski definition) is 0. The number of nitrogens with zero attached hydrogens (tertiary/aromatic N) is 1. The third-order valence-electron chi connectivity index (χ3n) is 5.20. The van der Waals surface area contributed by atoms with Crippen LogP contribution < -0.4 is 0 Å². The minimum atomic E-state index is -0.484. The first-order valence-electron chi connectivity index (χ1n) is 8.12. The smallest absolute Gasteiger partial charge is 0.410 e. The van der Waals surface area contributed by atoms with Gasteiger partial charge in [-0.05, 0) is 62.8 Å². The van der Waals surface area contributed by atoms with Gasteiger partial charge in [0.15, 0.2) is 0 Å². The number of carbonyl (C=O) groups excluding carboxylic acids is 1.